The van der Waals surface area contributed by atoms with Crippen molar-refractivity contribution in [2.45, 2.75) is 30.7 Å². The van der Waals surface area contributed by atoms with Crippen molar-refractivity contribution in [3.63, 3.8) is 0 Å². The molecule has 0 aromatic heterocycles. The topological polar surface area (TPSA) is 52.7 Å². The van der Waals surface area contributed by atoms with Crippen LogP contribution in [0.1, 0.15) is 18.4 Å². The van der Waals surface area contributed by atoms with Gasteiger partial charge in [0.1, 0.15) is 0 Å². The van der Waals surface area contributed by atoms with Crippen LogP contribution < -0.4 is 9.62 Å². The Bertz CT molecular complexity index is 915. The molecule has 6 heteroatoms. The second-order valence-corrected chi connectivity index (χ2v) is 10.3. The number of piperidine rings is 3. The second kappa shape index (κ2) is 8.46. The monoisotopic (exact) mass is 413 g/mol. The van der Waals surface area contributed by atoms with E-state index in [2.05, 4.69) is 45.8 Å². The first-order valence-corrected chi connectivity index (χ1v) is 12.0. The van der Waals surface area contributed by atoms with Gasteiger partial charge in [-0.3, -0.25) is 4.90 Å². The first-order chi connectivity index (χ1) is 13.9. The van der Waals surface area contributed by atoms with Crippen molar-refractivity contribution >= 4 is 15.7 Å². The van der Waals surface area contributed by atoms with Crippen LogP contribution in [0.25, 0.3) is 0 Å². The zero-order chi connectivity index (χ0) is 20.4. The summed E-state index contributed by atoms with van der Waals surface area (Å²) >= 11 is 0. The lowest BCUT2D eigenvalue weighted by Gasteiger charge is -2.50. The molecular weight excluding hydrogens is 382 g/mol. The van der Waals surface area contributed by atoms with Crippen LogP contribution in [0.5, 0.6) is 0 Å². The summed E-state index contributed by atoms with van der Waals surface area (Å²) in [5.41, 5.74) is 2.32. The molecule has 0 aliphatic carbocycles. The number of sulfonamides is 1. The maximum Gasteiger partial charge on any atom is 0.240 e. The molecule has 3 heterocycles. The van der Waals surface area contributed by atoms with E-state index in [-0.39, 0.29) is 0 Å². The van der Waals surface area contributed by atoms with E-state index >= 15 is 0 Å². The quantitative estimate of drug-likeness (QED) is 0.758. The van der Waals surface area contributed by atoms with Crippen LogP contribution in [0.3, 0.4) is 0 Å². The van der Waals surface area contributed by atoms with Gasteiger partial charge in [-0.2, -0.15) is 0 Å². The molecule has 2 aromatic carbocycles. The van der Waals surface area contributed by atoms with Crippen molar-refractivity contribution < 1.29 is 8.42 Å². The van der Waals surface area contributed by atoms with Crippen molar-refractivity contribution in [1.82, 2.24) is 9.62 Å². The van der Waals surface area contributed by atoms with Gasteiger partial charge in [0.25, 0.3) is 0 Å². The van der Waals surface area contributed by atoms with Gasteiger partial charge in [-0.05, 0) is 62.4 Å². The number of anilines is 1. The molecule has 156 valence electrons. The third kappa shape index (κ3) is 4.65. The van der Waals surface area contributed by atoms with Crippen LogP contribution in [-0.2, 0) is 10.0 Å². The average molecular weight is 414 g/mol. The molecule has 3 aliphatic heterocycles. The van der Waals surface area contributed by atoms with E-state index in [1.165, 1.54) is 12.1 Å². The lowest BCUT2D eigenvalue weighted by atomic mass is 9.75. The minimum absolute atomic E-state index is 0.298. The fourth-order valence-corrected chi connectivity index (χ4v) is 5.89. The predicted molar refractivity (Wildman–Crippen MR) is 118 cm³/mol. The van der Waals surface area contributed by atoms with E-state index in [4.69, 9.17) is 0 Å². The Hall–Kier alpha value is -1.89. The molecular formula is C23H31N3O2S. The number of fused-ring (bicyclic) bond motifs is 3. The molecule has 2 bridgehead atoms. The molecule has 0 spiro atoms. The highest BCUT2D eigenvalue weighted by atomic mass is 32.2. The zero-order valence-corrected chi connectivity index (χ0v) is 18.1. The van der Waals surface area contributed by atoms with Gasteiger partial charge in [0.15, 0.2) is 0 Å². The van der Waals surface area contributed by atoms with E-state index in [0.717, 1.165) is 31.6 Å². The van der Waals surface area contributed by atoms with E-state index in [0.29, 0.717) is 29.3 Å². The molecule has 5 nitrogen and oxygen atoms in total. The Morgan fingerprint density at radius 3 is 2.48 bits per heavy atom. The largest absolute Gasteiger partial charge is 0.374 e. The molecule has 4 atom stereocenters. The lowest BCUT2D eigenvalue weighted by molar-refractivity contribution is 0.00693. The molecule has 0 amide bonds. The molecule has 29 heavy (non-hydrogen) atoms. The maximum absolute atomic E-state index is 12.6. The van der Waals surface area contributed by atoms with Gasteiger partial charge < -0.3 is 4.90 Å². The summed E-state index contributed by atoms with van der Waals surface area (Å²) in [5, 5.41) is 0. The molecule has 3 saturated heterocycles. The number of hydrogen-bond acceptors (Lipinski definition) is 4. The van der Waals surface area contributed by atoms with Gasteiger partial charge in [-0.1, -0.05) is 35.9 Å². The summed E-state index contributed by atoms with van der Waals surface area (Å²) in [5.74, 6) is 1.30. The molecule has 3 aliphatic rings. The zero-order valence-electron chi connectivity index (χ0n) is 17.3. The number of rotatable bonds is 7. The third-order valence-corrected chi connectivity index (χ3v) is 8.00. The number of nitrogens with one attached hydrogen (secondary N) is 1. The minimum Gasteiger partial charge on any atom is -0.374 e. The smallest absolute Gasteiger partial charge is 0.240 e. The fourth-order valence-electron chi connectivity index (χ4n) is 4.81. The van der Waals surface area contributed by atoms with Crippen molar-refractivity contribution in [3.8, 4) is 0 Å². The average Bonchev–Trinajstić information content (AvgIpc) is 2.74. The number of benzene rings is 2. The van der Waals surface area contributed by atoms with Crippen LogP contribution in [0, 0.1) is 18.8 Å². The first kappa shape index (κ1) is 20.4. The molecule has 1 unspecified atom stereocenters. The summed E-state index contributed by atoms with van der Waals surface area (Å²) in [7, 11) is -1.28. The number of aryl methyl sites for hydroxylation is 1. The van der Waals surface area contributed by atoms with E-state index in [1.807, 2.05) is 25.1 Å². The van der Waals surface area contributed by atoms with Crippen LogP contribution >= 0.6 is 0 Å². The highest BCUT2D eigenvalue weighted by Gasteiger charge is 2.40. The predicted octanol–water partition coefficient (Wildman–Crippen LogP) is 3.12. The van der Waals surface area contributed by atoms with Gasteiger partial charge in [0.05, 0.1) is 4.90 Å². The number of para-hydroxylation sites is 1. The normalized spacial score (nSPS) is 26.4. The van der Waals surface area contributed by atoms with E-state index in [1.54, 1.807) is 12.1 Å². The standard InChI is InChI=1S/C23H31N3O2S/c1-18-8-10-23(11-9-18)29(27,28)24-15-22-14-19-12-13-26(22)17-20(19)16-25(2)21-6-4-3-5-7-21/h3-11,19-20,22,24H,12-17H2,1-2H3/t19-,20-,22+/m0/s1. The fraction of sp³-hybridized carbons (Fsp3) is 0.478. The van der Waals surface area contributed by atoms with Gasteiger partial charge >= 0.3 is 0 Å². The molecule has 5 rings (SSSR count). The third-order valence-electron chi connectivity index (χ3n) is 6.56. The van der Waals surface area contributed by atoms with Crippen molar-refractivity contribution in [2.75, 3.05) is 38.1 Å². The Kier molecular flexibility index (Phi) is 5.95. The van der Waals surface area contributed by atoms with Gasteiger partial charge in [-0.15, -0.1) is 0 Å². The molecule has 0 saturated carbocycles. The van der Waals surface area contributed by atoms with Crippen molar-refractivity contribution in [3.05, 3.63) is 60.2 Å². The van der Waals surface area contributed by atoms with Gasteiger partial charge in [0.2, 0.25) is 10.0 Å². The van der Waals surface area contributed by atoms with E-state index in [9.17, 15) is 8.42 Å². The number of hydrogen-bond donors (Lipinski definition) is 1. The maximum atomic E-state index is 12.6. The molecule has 1 N–H and O–H groups in total. The summed E-state index contributed by atoms with van der Waals surface area (Å²) in [4.78, 5) is 5.18. The van der Waals surface area contributed by atoms with E-state index < -0.39 is 10.0 Å². The summed E-state index contributed by atoms with van der Waals surface area (Å²) in [6.45, 7) is 5.63. The Morgan fingerprint density at radius 2 is 1.83 bits per heavy atom. The highest BCUT2D eigenvalue weighted by Crippen LogP contribution is 2.37. The number of nitrogens with zero attached hydrogens (tertiary/aromatic N) is 2. The SMILES string of the molecule is Cc1ccc(S(=O)(=O)NC[C@H]2C[C@@H]3CCN2C[C@@H]3CN(C)c2ccccc2)cc1. The minimum atomic E-state index is -3.45. The molecule has 3 fully saturated rings. The summed E-state index contributed by atoms with van der Waals surface area (Å²) in [6, 6.07) is 17.9. The summed E-state index contributed by atoms with van der Waals surface area (Å²) < 4.78 is 28.1. The van der Waals surface area contributed by atoms with Crippen molar-refractivity contribution in [2.24, 2.45) is 11.8 Å². The van der Waals surface area contributed by atoms with Crippen LogP contribution in [0.4, 0.5) is 5.69 Å². The van der Waals surface area contributed by atoms with Crippen LogP contribution in [-0.4, -0.2) is 52.6 Å². The van der Waals surface area contributed by atoms with Crippen LogP contribution in [0.15, 0.2) is 59.5 Å². The van der Waals surface area contributed by atoms with Crippen LogP contribution in [0.2, 0.25) is 0 Å². The lowest BCUT2D eigenvalue weighted by Crippen LogP contribution is -2.58. The summed E-state index contributed by atoms with van der Waals surface area (Å²) in [6.07, 6.45) is 2.29. The molecule has 0 radical (unpaired) electrons. The van der Waals surface area contributed by atoms with Gasteiger partial charge in [-0.25, -0.2) is 13.1 Å². The highest BCUT2D eigenvalue weighted by molar-refractivity contribution is 7.89. The molecule has 2 aromatic rings. The Balaban J connectivity index is 1.34. The van der Waals surface area contributed by atoms with Gasteiger partial charge in [0, 0.05) is 38.4 Å². The first-order valence-electron chi connectivity index (χ1n) is 10.5. The second-order valence-electron chi connectivity index (χ2n) is 8.57. The van der Waals surface area contributed by atoms with Crippen molar-refractivity contribution in [1.29, 1.82) is 0 Å². The Labute approximate surface area is 174 Å². The Morgan fingerprint density at radius 1 is 1.10 bits per heavy atom.